The first-order valence-corrected chi connectivity index (χ1v) is 6.66. The molecule has 1 saturated carbocycles. The minimum atomic E-state index is -4.22. The molecule has 1 saturated heterocycles. The van der Waals surface area contributed by atoms with E-state index in [1.807, 2.05) is 4.90 Å². The molecule has 0 radical (unpaired) electrons. The standard InChI is InChI=1S/C12H21F3N2O/c13-12(14,15)8-18-9-17-6-2-1-3-11(17)7-16-10-4-5-10/h10-11,16H,1-9H2. The number of rotatable bonds is 6. The zero-order chi connectivity index (χ0) is 13.0. The molecule has 0 aromatic carbocycles. The van der Waals surface area contributed by atoms with Crippen LogP contribution in [0.4, 0.5) is 13.2 Å². The van der Waals surface area contributed by atoms with E-state index >= 15 is 0 Å². The Hall–Kier alpha value is -0.330. The maximum atomic E-state index is 12.0. The van der Waals surface area contributed by atoms with Gasteiger partial charge < -0.3 is 10.1 Å². The molecule has 18 heavy (non-hydrogen) atoms. The van der Waals surface area contributed by atoms with Crippen LogP contribution in [0.5, 0.6) is 0 Å². The molecule has 6 heteroatoms. The van der Waals surface area contributed by atoms with Crippen molar-refractivity contribution in [3.05, 3.63) is 0 Å². The van der Waals surface area contributed by atoms with Crippen molar-refractivity contribution in [3.63, 3.8) is 0 Å². The Bertz CT molecular complexity index is 256. The largest absolute Gasteiger partial charge is 0.411 e. The van der Waals surface area contributed by atoms with Crippen LogP contribution in [0.25, 0.3) is 0 Å². The molecule has 1 aliphatic heterocycles. The molecule has 0 aromatic heterocycles. The average Bonchev–Trinajstić information content (AvgIpc) is 3.10. The van der Waals surface area contributed by atoms with E-state index in [-0.39, 0.29) is 6.73 Å². The van der Waals surface area contributed by atoms with Gasteiger partial charge in [0.05, 0.1) is 6.73 Å². The number of likely N-dealkylation sites (tertiary alicyclic amines) is 1. The van der Waals surface area contributed by atoms with Crippen LogP contribution in [0.1, 0.15) is 32.1 Å². The summed E-state index contributed by atoms with van der Waals surface area (Å²) < 4.78 is 40.8. The summed E-state index contributed by atoms with van der Waals surface area (Å²) in [5.41, 5.74) is 0. The van der Waals surface area contributed by atoms with E-state index in [0.29, 0.717) is 12.1 Å². The van der Waals surface area contributed by atoms with Gasteiger partial charge in [-0.3, -0.25) is 4.90 Å². The van der Waals surface area contributed by atoms with Crippen LogP contribution in [0.3, 0.4) is 0 Å². The maximum absolute atomic E-state index is 12.0. The third-order valence-corrected chi connectivity index (χ3v) is 3.49. The fourth-order valence-electron chi connectivity index (χ4n) is 2.33. The van der Waals surface area contributed by atoms with E-state index in [2.05, 4.69) is 5.32 Å². The predicted octanol–water partition coefficient (Wildman–Crippen LogP) is 2.13. The van der Waals surface area contributed by atoms with E-state index in [9.17, 15) is 13.2 Å². The third-order valence-electron chi connectivity index (χ3n) is 3.49. The lowest BCUT2D eigenvalue weighted by atomic mass is 10.0. The fraction of sp³-hybridized carbons (Fsp3) is 1.00. The molecular weight excluding hydrogens is 245 g/mol. The van der Waals surface area contributed by atoms with Crippen molar-refractivity contribution in [3.8, 4) is 0 Å². The number of hydrogen-bond donors (Lipinski definition) is 1. The molecule has 1 aliphatic carbocycles. The number of hydrogen-bond acceptors (Lipinski definition) is 3. The molecule has 106 valence electrons. The SMILES string of the molecule is FC(F)(F)COCN1CCCCC1CNC1CC1. The second kappa shape index (κ2) is 6.21. The van der Waals surface area contributed by atoms with Crippen molar-refractivity contribution < 1.29 is 17.9 Å². The molecule has 0 spiro atoms. The molecule has 2 aliphatic rings. The molecule has 2 fully saturated rings. The van der Waals surface area contributed by atoms with Gasteiger partial charge in [0.25, 0.3) is 0 Å². The molecule has 1 unspecified atom stereocenters. The zero-order valence-electron chi connectivity index (χ0n) is 10.5. The highest BCUT2D eigenvalue weighted by atomic mass is 19.4. The van der Waals surface area contributed by atoms with Crippen LogP contribution in [-0.4, -0.2) is 49.6 Å². The number of piperidine rings is 1. The molecule has 1 heterocycles. The van der Waals surface area contributed by atoms with Gasteiger partial charge in [0, 0.05) is 25.2 Å². The second-order valence-corrected chi connectivity index (χ2v) is 5.24. The van der Waals surface area contributed by atoms with Gasteiger partial charge in [-0.2, -0.15) is 13.2 Å². The Morgan fingerprint density at radius 1 is 1.17 bits per heavy atom. The molecule has 0 amide bonds. The molecular formula is C12H21F3N2O. The van der Waals surface area contributed by atoms with Crippen molar-refractivity contribution in [2.75, 3.05) is 26.4 Å². The maximum Gasteiger partial charge on any atom is 0.411 e. The van der Waals surface area contributed by atoms with Crippen LogP contribution < -0.4 is 5.32 Å². The van der Waals surface area contributed by atoms with E-state index in [1.54, 1.807) is 0 Å². The zero-order valence-corrected chi connectivity index (χ0v) is 10.5. The van der Waals surface area contributed by atoms with Gasteiger partial charge in [-0.1, -0.05) is 6.42 Å². The topological polar surface area (TPSA) is 24.5 Å². The van der Waals surface area contributed by atoms with E-state index < -0.39 is 12.8 Å². The predicted molar refractivity (Wildman–Crippen MR) is 62.2 cm³/mol. The van der Waals surface area contributed by atoms with Gasteiger partial charge in [0.2, 0.25) is 0 Å². The van der Waals surface area contributed by atoms with Crippen molar-refractivity contribution in [1.82, 2.24) is 10.2 Å². The Kier molecular flexibility index (Phi) is 4.86. The third kappa shape index (κ3) is 5.12. The highest BCUT2D eigenvalue weighted by molar-refractivity contribution is 4.85. The molecule has 1 atom stereocenters. The van der Waals surface area contributed by atoms with Crippen molar-refractivity contribution in [1.29, 1.82) is 0 Å². The number of ether oxygens (including phenoxy) is 1. The second-order valence-electron chi connectivity index (χ2n) is 5.24. The summed E-state index contributed by atoms with van der Waals surface area (Å²) in [6.45, 7) is 0.664. The average molecular weight is 266 g/mol. The van der Waals surface area contributed by atoms with E-state index in [4.69, 9.17) is 4.74 Å². The minimum Gasteiger partial charge on any atom is -0.357 e. The van der Waals surface area contributed by atoms with E-state index in [1.165, 1.54) is 12.8 Å². The summed E-state index contributed by atoms with van der Waals surface area (Å²) in [6.07, 6.45) is 1.50. The summed E-state index contributed by atoms with van der Waals surface area (Å²) in [6, 6.07) is 0.970. The van der Waals surface area contributed by atoms with Crippen LogP contribution >= 0.6 is 0 Å². The van der Waals surface area contributed by atoms with Crippen LogP contribution in [0.15, 0.2) is 0 Å². The van der Waals surface area contributed by atoms with Gasteiger partial charge in [-0.25, -0.2) is 0 Å². The van der Waals surface area contributed by atoms with Gasteiger partial charge >= 0.3 is 6.18 Å². The lowest BCUT2D eigenvalue weighted by Crippen LogP contribution is -2.47. The van der Waals surface area contributed by atoms with Gasteiger partial charge in [-0.15, -0.1) is 0 Å². The number of alkyl halides is 3. The first-order valence-electron chi connectivity index (χ1n) is 6.66. The van der Waals surface area contributed by atoms with Crippen LogP contribution in [0.2, 0.25) is 0 Å². The summed E-state index contributed by atoms with van der Waals surface area (Å²) in [5, 5.41) is 3.44. The molecule has 0 aromatic rings. The lowest BCUT2D eigenvalue weighted by Gasteiger charge is -2.35. The number of halogens is 3. The van der Waals surface area contributed by atoms with Crippen molar-refractivity contribution in [2.45, 2.75) is 50.4 Å². The Labute approximate surface area is 106 Å². The lowest BCUT2D eigenvalue weighted by molar-refractivity contribution is -0.186. The van der Waals surface area contributed by atoms with Crippen molar-refractivity contribution in [2.24, 2.45) is 0 Å². The Morgan fingerprint density at radius 3 is 2.61 bits per heavy atom. The van der Waals surface area contributed by atoms with Crippen molar-refractivity contribution >= 4 is 0 Å². The summed E-state index contributed by atoms with van der Waals surface area (Å²) in [5.74, 6) is 0. The first kappa shape index (κ1) is 14.1. The normalized spacial score (nSPS) is 26.5. The Morgan fingerprint density at radius 2 is 1.94 bits per heavy atom. The first-order chi connectivity index (χ1) is 8.54. The number of nitrogens with zero attached hydrogens (tertiary/aromatic N) is 1. The summed E-state index contributed by atoms with van der Waals surface area (Å²) >= 11 is 0. The van der Waals surface area contributed by atoms with Gasteiger partial charge in [-0.05, 0) is 25.7 Å². The fourth-order valence-corrected chi connectivity index (χ4v) is 2.33. The van der Waals surface area contributed by atoms with Crippen LogP contribution in [-0.2, 0) is 4.74 Å². The summed E-state index contributed by atoms with van der Waals surface area (Å²) in [7, 11) is 0. The van der Waals surface area contributed by atoms with Crippen LogP contribution in [0, 0.1) is 0 Å². The molecule has 1 N–H and O–H groups in total. The molecule has 3 nitrogen and oxygen atoms in total. The van der Waals surface area contributed by atoms with Gasteiger partial charge in [0.15, 0.2) is 0 Å². The Balaban J connectivity index is 1.68. The molecule has 2 rings (SSSR count). The smallest absolute Gasteiger partial charge is 0.357 e. The monoisotopic (exact) mass is 266 g/mol. The quantitative estimate of drug-likeness (QED) is 0.797. The minimum absolute atomic E-state index is 0.0938. The highest BCUT2D eigenvalue weighted by Gasteiger charge is 2.30. The summed E-state index contributed by atoms with van der Waals surface area (Å²) in [4.78, 5) is 2.03. The molecule has 0 bridgehead atoms. The number of nitrogens with one attached hydrogen (secondary N) is 1. The highest BCUT2D eigenvalue weighted by Crippen LogP contribution is 2.21. The van der Waals surface area contributed by atoms with Gasteiger partial charge in [0.1, 0.15) is 6.61 Å². The van der Waals surface area contributed by atoms with E-state index in [0.717, 1.165) is 32.4 Å².